The molecular formula is C16H19BrFNS. The maximum Gasteiger partial charge on any atom is 0.123 e. The van der Waals surface area contributed by atoms with Crippen molar-refractivity contribution in [1.29, 1.82) is 0 Å². The van der Waals surface area contributed by atoms with Crippen molar-refractivity contribution in [3.8, 4) is 0 Å². The van der Waals surface area contributed by atoms with Crippen LogP contribution in [0.25, 0.3) is 0 Å². The van der Waals surface area contributed by atoms with E-state index in [1.807, 2.05) is 6.92 Å². The Labute approximate surface area is 132 Å². The molecule has 0 aliphatic carbocycles. The highest BCUT2D eigenvalue weighted by molar-refractivity contribution is 9.10. The summed E-state index contributed by atoms with van der Waals surface area (Å²) in [6.45, 7) is 5.01. The van der Waals surface area contributed by atoms with Crippen LogP contribution in [0.2, 0.25) is 0 Å². The Bertz CT molecular complexity index is 547. The lowest BCUT2D eigenvalue weighted by Crippen LogP contribution is -2.24. The lowest BCUT2D eigenvalue weighted by atomic mass is 10.0. The van der Waals surface area contributed by atoms with E-state index in [1.165, 1.54) is 4.88 Å². The van der Waals surface area contributed by atoms with Crippen LogP contribution >= 0.6 is 27.3 Å². The van der Waals surface area contributed by atoms with Crippen LogP contribution in [0.5, 0.6) is 0 Å². The SMILES string of the molecule is CCCNC(Cc1sccc1Br)c1cc(C)cc(F)c1. The first-order chi connectivity index (χ1) is 9.60. The standard InChI is InChI=1S/C16H19BrFNS/c1-3-5-19-15(10-16-14(17)4-6-20-16)12-7-11(2)8-13(18)9-12/h4,6-9,15,19H,3,5,10H2,1-2H3. The fourth-order valence-electron chi connectivity index (χ4n) is 2.25. The highest BCUT2D eigenvalue weighted by Crippen LogP contribution is 2.29. The molecule has 1 nitrogen and oxygen atoms in total. The molecule has 2 aromatic rings. The molecule has 20 heavy (non-hydrogen) atoms. The van der Waals surface area contributed by atoms with Gasteiger partial charge in [-0.05, 0) is 70.5 Å². The number of rotatable bonds is 6. The second-order valence-corrected chi connectivity index (χ2v) is 6.82. The molecule has 4 heteroatoms. The Hall–Kier alpha value is -0.710. The van der Waals surface area contributed by atoms with Gasteiger partial charge in [-0.1, -0.05) is 13.0 Å². The first-order valence-electron chi connectivity index (χ1n) is 6.82. The Balaban J connectivity index is 2.24. The van der Waals surface area contributed by atoms with Crippen LogP contribution < -0.4 is 5.32 Å². The highest BCUT2D eigenvalue weighted by Gasteiger charge is 2.15. The minimum absolute atomic E-state index is 0.152. The summed E-state index contributed by atoms with van der Waals surface area (Å²) in [5.41, 5.74) is 1.99. The van der Waals surface area contributed by atoms with Crippen molar-refractivity contribution < 1.29 is 4.39 Å². The summed E-state index contributed by atoms with van der Waals surface area (Å²) in [5.74, 6) is -0.159. The Morgan fingerprint density at radius 3 is 2.75 bits per heavy atom. The molecule has 1 aromatic heterocycles. The number of thiophene rings is 1. The summed E-state index contributed by atoms with van der Waals surface area (Å²) in [6, 6.07) is 7.49. The number of halogens is 2. The summed E-state index contributed by atoms with van der Waals surface area (Å²) in [6.07, 6.45) is 1.94. The van der Waals surface area contributed by atoms with Gasteiger partial charge in [0.1, 0.15) is 5.82 Å². The van der Waals surface area contributed by atoms with Crippen molar-refractivity contribution in [2.45, 2.75) is 32.7 Å². The molecule has 0 saturated heterocycles. The third kappa shape index (κ3) is 4.14. The summed E-state index contributed by atoms with van der Waals surface area (Å²) >= 11 is 5.31. The van der Waals surface area contributed by atoms with Gasteiger partial charge in [0.2, 0.25) is 0 Å². The van der Waals surface area contributed by atoms with Crippen LogP contribution in [-0.4, -0.2) is 6.54 Å². The van der Waals surface area contributed by atoms with E-state index in [4.69, 9.17) is 0 Å². The van der Waals surface area contributed by atoms with E-state index in [0.29, 0.717) is 0 Å². The van der Waals surface area contributed by atoms with Crippen LogP contribution in [0, 0.1) is 12.7 Å². The fourth-order valence-corrected chi connectivity index (χ4v) is 3.81. The topological polar surface area (TPSA) is 12.0 Å². The van der Waals surface area contributed by atoms with E-state index in [2.05, 4.69) is 45.7 Å². The molecule has 0 aliphatic rings. The van der Waals surface area contributed by atoms with Gasteiger partial charge in [-0.2, -0.15) is 0 Å². The molecule has 1 unspecified atom stereocenters. The molecule has 0 fully saturated rings. The minimum Gasteiger partial charge on any atom is -0.310 e. The minimum atomic E-state index is -0.159. The first kappa shape index (κ1) is 15.7. The second-order valence-electron chi connectivity index (χ2n) is 4.96. The van der Waals surface area contributed by atoms with Gasteiger partial charge < -0.3 is 5.32 Å². The van der Waals surface area contributed by atoms with E-state index in [1.54, 1.807) is 23.5 Å². The highest BCUT2D eigenvalue weighted by atomic mass is 79.9. The van der Waals surface area contributed by atoms with E-state index < -0.39 is 0 Å². The van der Waals surface area contributed by atoms with Crippen molar-refractivity contribution in [3.05, 3.63) is 55.9 Å². The third-order valence-corrected chi connectivity index (χ3v) is 5.14. The number of nitrogens with one attached hydrogen (secondary N) is 1. The van der Waals surface area contributed by atoms with Crippen LogP contribution in [0.3, 0.4) is 0 Å². The Morgan fingerprint density at radius 1 is 1.35 bits per heavy atom. The number of benzene rings is 1. The van der Waals surface area contributed by atoms with Gasteiger partial charge in [-0.15, -0.1) is 11.3 Å². The first-order valence-corrected chi connectivity index (χ1v) is 8.49. The largest absolute Gasteiger partial charge is 0.310 e. The zero-order valence-electron chi connectivity index (χ0n) is 11.7. The lowest BCUT2D eigenvalue weighted by Gasteiger charge is -2.19. The van der Waals surface area contributed by atoms with E-state index >= 15 is 0 Å². The van der Waals surface area contributed by atoms with Crippen molar-refractivity contribution in [3.63, 3.8) is 0 Å². The van der Waals surface area contributed by atoms with E-state index in [0.717, 1.165) is 35.0 Å². The van der Waals surface area contributed by atoms with E-state index in [9.17, 15) is 4.39 Å². The molecular weight excluding hydrogens is 337 g/mol. The molecule has 0 radical (unpaired) electrons. The van der Waals surface area contributed by atoms with Crippen LogP contribution in [-0.2, 0) is 6.42 Å². The smallest absolute Gasteiger partial charge is 0.123 e. The summed E-state index contributed by atoms with van der Waals surface area (Å²) in [4.78, 5) is 1.29. The van der Waals surface area contributed by atoms with Gasteiger partial charge in [-0.25, -0.2) is 4.39 Å². The molecule has 1 aromatic carbocycles. The van der Waals surface area contributed by atoms with Gasteiger partial charge in [0.15, 0.2) is 0 Å². The van der Waals surface area contributed by atoms with Crippen molar-refractivity contribution in [2.24, 2.45) is 0 Å². The van der Waals surface area contributed by atoms with Gasteiger partial charge in [0.25, 0.3) is 0 Å². The Kier molecular flexibility index (Phi) is 5.75. The predicted octanol–water partition coefficient (Wildman–Crippen LogP) is 5.24. The summed E-state index contributed by atoms with van der Waals surface area (Å²) in [5, 5.41) is 5.60. The average molecular weight is 356 g/mol. The quantitative estimate of drug-likeness (QED) is 0.746. The molecule has 0 aliphatic heterocycles. The van der Waals surface area contributed by atoms with Crippen LogP contribution in [0.15, 0.2) is 34.1 Å². The zero-order chi connectivity index (χ0) is 14.5. The molecule has 1 N–H and O–H groups in total. The van der Waals surface area contributed by atoms with Gasteiger partial charge in [-0.3, -0.25) is 0 Å². The van der Waals surface area contributed by atoms with Crippen molar-refractivity contribution in [2.75, 3.05) is 6.54 Å². The van der Waals surface area contributed by atoms with Crippen molar-refractivity contribution >= 4 is 27.3 Å². The predicted molar refractivity (Wildman–Crippen MR) is 87.9 cm³/mol. The van der Waals surface area contributed by atoms with Crippen LogP contribution in [0.4, 0.5) is 4.39 Å². The van der Waals surface area contributed by atoms with Crippen LogP contribution in [0.1, 0.15) is 35.4 Å². The van der Waals surface area contributed by atoms with Gasteiger partial charge in [0, 0.05) is 21.8 Å². The maximum atomic E-state index is 13.6. The lowest BCUT2D eigenvalue weighted by molar-refractivity contribution is 0.526. The molecule has 1 atom stereocenters. The molecule has 2 rings (SSSR count). The third-order valence-electron chi connectivity index (χ3n) is 3.19. The summed E-state index contributed by atoms with van der Waals surface area (Å²) in [7, 11) is 0. The Morgan fingerprint density at radius 2 is 2.15 bits per heavy atom. The molecule has 1 heterocycles. The number of hydrogen-bond donors (Lipinski definition) is 1. The maximum absolute atomic E-state index is 13.6. The van der Waals surface area contributed by atoms with Gasteiger partial charge in [0.05, 0.1) is 0 Å². The van der Waals surface area contributed by atoms with E-state index in [-0.39, 0.29) is 11.9 Å². The molecule has 0 saturated carbocycles. The van der Waals surface area contributed by atoms with Gasteiger partial charge >= 0.3 is 0 Å². The monoisotopic (exact) mass is 355 g/mol. The zero-order valence-corrected chi connectivity index (χ0v) is 14.2. The molecule has 0 bridgehead atoms. The fraction of sp³-hybridized carbons (Fsp3) is 0.375. The summed E-state index contributed by atoms with van der Waals surface area (Å²) < 4.78 is 14.8. The number of hydrogen-bond acceptors (Lipinski definition) is 2. The second kappa shape index (κ2) is 7.34. The van der Waals surface area contributed by atoms with Crippen molar-refractivity contribution in [1.82, 2.24) is 5.32 Å². The average Bonchev–Trinajstić information content (AvgIpc) is 2.78. The normalized spacial score (nSPS) is 12.6. The molecule has 108 valence electrons. The molecule has 0 amide bonds. The number of aryl methyl sites for hydroxylation is 1. The molecule has 0 spiro atoms.